The summed E-state index contributed by atoms with van der Waals surface area (Å²) < 4.78 is 1.48. The van der Waals surface area contributed by atoms with Gasteiger partial charge in [0.15, 0.2) is 0 Å². The van der Waals surface area contributed by atoms with E-state index in [9.17, 15) is 19.8 Å². The van der Waals surface area contributed by atoms with Crippen molar-refractivity contribution in [3.8, 4) is 17.2 Å². The minimum absolute atomic E-state index is 0.0149. The second-order valence-corrected chi connectivity index (χ2v) is 10.4. The lowest BCUT2D eigenvalue weighted by Gasteiger charge is -2.24. The molecule has 0 atom stereocenters. The molecular formula is C28H27Cl3N4O4. The molecule has 4 rings (SSSR count). The number of aromatic hydroxyl groups is 2. The van der Waals surface area contributed by atoms with Crippen LogP contribution in [0.4, 0.5) is 5.82 Å². The molecule has 2 aromatic carbocycles. The van der Waals surface area contributed by atoms with Crippen molar-refractivity contribution in [3.05, 3.63) is 92.3 Å². The maximum Gasteiger partial charge on any atom is 0.215 e. The molecule has 0 aliphatic rings. The van der Waals surface area contributed by atoms with Crippen molar-refractivity contribution in [1.82, 2.24) is 14.5 Å². The third kappa shape index (κ3) is 5.65. The molecule has 8 nitrogen and oxygen atoms in total. The zero-order valence-electron chi connectivity index (χ0n) is 21.5. The highest BCUT2D eigenvalue weighted by atomic mass is 35.5. The van der Waals surface area contributed by atoms with E-state index >= 15 is 0 Å². The largest absolute Gasteiger partial charge is 0.507 e. The van der Waals surface area contributed by atoms with Crippen LogP contribution in [0.3, 0.4) is 0 Å². The van der Waals surface area contributed by atoms with Gasteiger partial charge in [0.2, 0.25) is 11.6 Å². The lowest BCUT2D eigenvalue weighted by molar-refractivity contribution is 0.101. The lowest BCUT2D eigenvalue weighted by Crippen LogP contribution is -2.26. The zero-order valence-corrected chi connectivity index (χ0v) is 23.8. The maximum atomic E-state index is 13.8. The van der Waals surface area contributed by atoms with Gasteiger partial charge in [0.25, 0.3) is 0 Å². The summed E-state index contributed by atoms with van der Waals surface area (Å²) in [6.45, 7) is 1.37. The van der Waals surface area contributed by atoms with Crippen LogP contribution in [0.15, 0.2) is 54.6 Å². The number of carbonyl (C=O) groups is 2. The number of halogens is 3. The molecule has 0 radical (unpaired) electrons. The van der Waals surface area contributed by atoms with Crippen molar-refractivity contribution in [2.45, 2.75) is 6.42 Å². The average Bonchev–Trinajstić information content (AvgIpc) is 3.38. The molecule has 0 bridgehead atoms. The first-order valence-corrected chi connectivity index (χ1v) is 13.2. The molecule has 0 amide bonds. The SMILES string of the molecule is CN(C)CCCN(C)c1c(Cl)cc(C(=O)c2ccccc2O)n1-c1c(C(=O)c2ccccc2O)[nH]c(Cl)c1Cl. The Kier molecular flexibility index (Phi) is 8.61. The van der Waals surface area contributed by atoms with Crippen molar-refractivity contribution in [2.75, 3.05) is 39.1 Å². The van der Waals surface area contributed by atoms with Gasteiger partial charge in [-0.1, -0.05) is 59.1 Å². The fraction of sp³-hybridized carbons (Fsp3) is 0.214. The Morgan fingerprint density at radius 3 is 2.00 bits per heavy atom. The van der Waals surface area contributed by atoms with Gasteiger partial charge in [-0.05, 0) is 57.4 Å². The molecule has 4 aromatic rings. The third-order valence-corrected chi connectivity index (χ3v) is 7.27. The van der Waals surface area contributed by atoms with Crippen LogP contribution < -0.4 is 4.90 Å². The van der Waals surface area contributed by atoms with Crippen LogP contribution in [-0.4, -0.2) is 70.5 Å². The van der Waals surface area contributed by atoms with Crippen LogP contribution in [0.2, 0.25) is 15.2 Å². The molecule has 0 fully saturated rings. The predicted molar refractivity (Wildman–Crippen MR) is 155 cm³/mol. The summed E-state index contributed by atoms with van der Waals surface area (Å²) in [6, 6.07) is 13.7. The van der Waals surface area contributed by atoms with Crippen LogP contribution in [0.1, 0.15) is 38.5 Å². The Hall–Kier alpha value is -3.43. The van der Waals surface area contributed by atoms with E-state index in [-0.39, 0.29) is 54.9 Å². The van der Waals surface area contributed by atoms with E-state index in [2.05, 4.69) is 4.98 Å². The van der Waals surface area contributed by atoms with Gasteiger partial charge in [0.1, 0.15) is 33.2 Å². The van der Waals surface area contributed by atoms with E-state index in [1.165, 1.54) is 34.9 Å². The quantitative estimate of drug-likeness (QED) is 0.195. The summed E-state index contributed by atoms with van der Waals surface area (Å²) in [6.07, 6.45) is 0.777. The van der Waals surface area contributed by atoms with Gasteiger partial charge in [-0.15, -0.1) is 0 Å². The molecule has 204 valence electrons. The Balaban J connectivity index is 1.97. The molecule has 3 N–H and O–H groups in total. The maximum absolute atomic E-state index is 13.8. The summed E-state index contributed by atoms with van der Waals surface area (Å²) in [4.78, 5) is 34.2. The summed E-state index contributed by atoms with van der Waals surface area (Å²) in [5, 5.41) is 21.0. The van der Waals surface area contributed by atoms with Gasteiger partial charge in [-0.25, -0.2) is 0 Å². The first-order chi connectivity index (χ1) is 18.5. The van der Waals surface area contributed by atoms with Crippen molar-refractivity contribution >= 4 is 52.2 Å². The summed E-state index contributed by atoms with van der Waals surface area (Å²) in [5.41, 5.74) is 0.157. The van der Waals surface area contributed by atoms with E-state index in [4.69, 9.17) is 34.8 Å². The normalized spacial score (nSPS) is 11.3. The van der Waals surface area contributed by atoms with Gasteiger partial charge in [0.05, 0.1) is 27.5 Å². The van der Waals surface area contributed by atoms with Crippen LogP contribution in [-0.2, 0) is 0 Å². The number of rotatable bonds is 10. The number of nitrogens with zero attached hydrogens (tertiary/aromatic N) is 3. The molecule has 0 saturated heterocycles. The van der Waals surface area contributed by atoms with Crippen LogP contribution in [0, 0.1) is 0 Å². The molecule has 39 heavy (non-hydrogen) atoms. The Morgan fingerprint density at radius 2 is 1.44 bits per heavy atom. The third-order valence-electron chi connectivity index (χ3n) is 6.24. The number of phenolic OH excluding ortho intramolecular Hbond substituents is 2. The van der Waals surface area contributed by atoms with Gasteiger partial charge < -0.3 is 25.0 Å². The van der Waals surface area contributed by atoms with E-state index in [1.807, 2.05) is 30.9 Å². The van der Waals surface area contributed by atoms with E-state index in [0.717, 1.165) is 13.0 Å². The number of phenols is 2. The van der Waals surface area contributed by atoms with Crippen molar-refractivity contribution in [1.29, 1.82) is 0 Å². The number of para-hydroxylation sites is 2. The molecule has 2 aromatic heterocycles. The molecule has 0 aliphatic heterocycles. The van der Waals surface area contributed by atoms with E-state index < -0.39 is 11.6 Å². The fourth-order valence-electron chi connectivity index (χ4n) is 4.36. The number of ketones is 2. The summed E-state index contributed by atoms with van der Waals surface area (Å²) >= 11 is 19.8. The minimum atomic E-state index is -0.594. The number of aromatic nitrogens is 2. The molecule has 0 spiro atoms. The van der Waals surface area contributed by atoms with Crippen LogP contribution >= 0.6 is 34.8 Å². The molecule has 0 saturated carbocycles. The standard InChI is InChI=1S/C28H27Cl3N4O4/c1-33(2)13-8-14-34(3)28-18(29)15-19(25(38)16-9-4-6-11-20(16)36)35(28)24-22(30)27(31)32-23(24)26(39)17-10-5-7-12-21(17)37/h4-7,9-12,15,32,36-37H,8,13-14H2,1-3H3. The zero-order chi connectivity index (χ0) is 28.4. The topological polar surface area (TPSA) is 102 Å². The average molecular weight is 590 g/mol. The number of hydrogen-bond donors (Lipinski definition) is 3. The number of carbonyl (C=O) groups excluding carboxylic acids is 2. The second-order valence-electron chi connectivity index (χ2n) is 9.28. The highest BCUT2D eigenvalue weighted by Gasteiger charge is 2.32. The van der Waals surface area contributed by atoms with Crippen molar-refractivity contribution < 1.29 is 19.8 Å². The van der Waals surface area contributed by atoms with Gasteiger partial charge >= 0.3 is 0 Å². The molecule has 0 aliphatic carbocycles. The van der Waals surface area contributed by atoms with Gasteiger partial charge in [-0.2, -0.15) is 0 Å². The molecule has 0 unspecified atom stereocenters. The Bertz CT molecular complexity index is 1540. The predicted octanol–water partition coefficient (Wildman–Crippen LogP) is 6.03. The molecule has 2 heterocycles. The number of anilines is 1. The second kappa shape index (κ2) is 11.8. The number of aromatic amines is 1. The van der Waals surface area contributed by atoms with E-state index in [0.29, 0.717) is 12.4 Å². The minimum Gasteiger partial charge on any atom is -0.507 e. The number of benzene rings is 2. The lowest BCUT2D eigenvalue weighted by atomic mass is 10.1. The Morgan fingerprint density at radius 1 is 0.872 bits per heavy atom. The van der Waals surface area contributed by atoms with Crippen LogP contribution in [0.5, 0.6) is 11.5 Å². The smallest absolute Gasteiger partial charge is 0.215 e. The first kappa shape index (κ1) is 28.6. The van der Waals surface area contributed by atoms with Gasteiger partial charge in [0, 0.05) is 13.6 Å². The highest BCUT2D eigenvalue weighted by Crippen LogP contribution is 2.41. The van der Waals surface area contributed by atoms with Crippen LogP contribution in [0.25, 0.3) is 5.69 Å². The number of hydrogen-bond acceptors (Lipinski definition) is 6. The van der Waals surface area contributed by atoms with Crippen molar-refractivity contribution in [2.24, 2.45) is 0 Å². The fourth-order valence-corrected chi connectivity index (χ4v) is 5.10. The van der Waals surface area contributed by atoms with E-state index in [1.54, 1.807) is 24.3 Å². The number of nitrogens with one attached hydrogen (secondary N) is 1. The first-order valence-electron chi connectivity index (χ1n) is 12.0. The summed E-state index contributed by atoms with van der Waals surface area (Å²) in [5.74, 6) is -1.18. The number of H-pyrrole nitrogens is 1. The summed E-state index contributed by atoms with van der Waals surface area (Å²) in [7, 11) is 5.75. The van der Waals surface area contributed by atoms with Crippen molar-refractivity contribution in [3.63, 3.8) is 0 Å². The molecular weight excluding hydrogens is 563 g/mol. The Labute approximate surface area is 240 Å². The van der Waals surface area contributed by atoms with Gasteiger partial charge in [-0.3, -0.25) is 14.2 Å². The monoisotopic (exact) mass is 588 g/mol. The highest BCUT2D eigenvalue weighted by molar-refractivity contribution is 6.44. The molecule has 11 heteroatoms.